The van der Waals surface area contributed by atoms with Crippen LogP contribution < -0.4 is 10.1 Å². The molecule has 1 aromatic carbocycles. The Morgan fingerprint density at radius 3 is 2.39 bits per heavy atom. The van der Waals surface area contributed by atoms with Crippen LogP contribution in [0.25, 0.3) is 0 Å². The lowest BCUT2D eigenvalue weighted by Gasteiger charge is -2.53. The standard InChI is InChI=1S/C17H24N2O4/c1-4-21-14-7-5-13(6-8-14)18-15(20)19-9-17(10-19)11-22-16(2,3)23-12-17/h5-8H,4,9-12H2,1-3H3,(H,18,20). The monoisotopic (exact) mass is 320 g/mol. The fourth-order valence-electron chi connectivity index (χ4n) is 2.83. The van der Waals surface area contributed by atoms with Crippen LogP contribution in [0.2, 0.25) is 0 Å². The summed E-state index contributed by atoms with van der Waals surface area (Å²) in [5.41, 5.74) is 0.711. The Labute approximate surface area is 136 Å². The second kappa shape index (κ2) is 6.02. The summed E-state index contributed by atoms with van der Waals surface area (Å²) in [7, 11) is 0. The Morgan fingerprint density at radius 2 is 1.83 bits per heavy atom. The highest BCUT2D eigenvalue weighted by Gasteiger charge is 2.50. The Hall–Kier alpha value is -1.79. The lowest BCUT2D eigenvalue weighted by Crippen LogP contribution is -2.66. The van der Waals surface area contributed by atoms with E-state index in [2.05, 4.69) is 5.32 Å². The van der Waals surface area contributed by atoms with E-state index in [0.717, 1.165) is 11.4 Å². The topological polar surface area (TPSA) is 60.0 Å². The van der Waals surface area contributed by atoms with Crippen LogP contribution in [0, 0.1) is 5.41 Å². The van der Waals surface area contributed by atoms with Gasteiger partial charge in [-0.3, -0.25) is 0 Å². The number of likely N-dealkylation sites (tertiary alicyclic amines) is 1. The van der Waals surface area contributed by atoms with Crippen LogP contribution >= 0.6 is 0 Å². The molecular weight excluding hydrogens is 296 g/mol. The Kier molecular flexibility index (Phi) is 4.21. The number of carbonyl (C=O) groups is 1. The highest BCUT2D eigenvalue weighted by molar-refractivity contribution is 5.90. The van der Waals surface area contributed by atoms with Crippen molar-refractivity contribution >= 4 is 11.7 Å². The zero-order valence-corrected chi connectivity index (χ0v) is 13.9. The fraction of sp³-hybridized carbons (Fsp3) is 0.588. The SMILES string of the molecule is CCOc1ccc(NC(=O)N2CC3(COC(C)(C)OC3)C2)cc1. The predicted molar refractivity (Wildman–Crippen MR) is 86.6 cm³/mol. The first kappa shape index (κ1) is 16.1. The van der Waals surface area contributed by atoms with Crippen molar-refractivity contribution in [1.82, 2.24) is 4.90 Å². The number of nitrogens with one attached hydrogen (secondary N) is 1. The first-order valence-corrected chi connectivity index (χ1v) is 7.98. The van der Waals surface area contributed by atoms with E-state index in [4.69, 9.17) is 14.2 Å². The number of rotatable bonds is 3. The highest BCUT2D eigenvalue weighted by Crippen LogP contribution is 2.37. The number of nitrogens with zero attached hydrogens (tertiary/aromatic N) is 1. The highest BCUT2D eigenvalue weighted by atomic mass is 16.7. The molecular formula is C17H24N2O4. The molecule has 1 aromatic rings. The Morgan fingerprint density at radius 1 is 1.22 bits per heavy atom. The van der Waals surface area contributed by atoms with Gasteiger partial charge in [0, 0.05) is 18.8 Å². The maximum absolute atomic E-state index is 12.3. The van der Waals surface area contributed by atoms with Gasteiger partial charge in [-0.15, -0.1) is 0 Å². The molecule has 6 nitrogen and oxygen atoms in total. The minimum atomic E-state index is -0.518. The van der Waals surface area contributed by atoms with Gasteiger partial charge in [-0.1, -0.05) is 0 Å². The van der Waals surface area contributed by atoms with Crippen LogP contribution in [0.1, 0.15) is 20.8 Å². The van der Waals surface area contributed by atoms with Gasteiger partial charge < -0.3 is 24.4 Å². The van der Waals surface area contributed by atoms with Gasteiger partial charge in [0.15, 0.2) is 5.79 Å². The molecule has 2 heterocycles. The van der Waals surface area contributed by atoms with Gasteiger partial charge in [-0.2, -0.15) is 0 Å². The van der Waals surface area contributed by atoms with E-state index in [1.165, 1.54) is 0 Å². The number of amides is 2. The Balaban J connectivity index is 1.49. The van der Waals surface area contributed by atoms with Crippen LogP contribution in [-0.4, -0.2) is 49.6 Å². The fourth-order valence-corrected chi connectivity index (χ4v) is 2.83. The minimum absolute atomic E-state index is 0.0499. The van der Waals surface area contributed by atoms with Gasteiger partial charge in [-0.05, 0) is 45.0 Å². The van der Waals surface area contributed by atoms with Crippen LogP contribution in [0.15, 0.2) is 24.3 Å². The van der Waals surface area contributed by atoms with Gasteiger partial charge in [0.2, 0.25) is 0 Å². The Bertz CT molecular complexity index is 552. The molecule has 2 aliphatic heterocycles. The lowest BCUT2D eigenvalue weighted by molar-refractivity contribution is -0.301. The molecule has 0 atom stereocenters. The summed E-state index contributed by atoms with van der Waals surface area (Å²) in [5, 5.41) is 2.90. The summed E-state index contributed by atoms with van der Waals surface area (Å²) < 4.78 is 16.8. The van der Waals surface area contributed by atoms with Gasteiger partial charge >= 0.3 is 6.03 Å². The number of anilines is 1. The summed E-state index contributed by atoms with van der Waals surface area (Å²) in [6.07, 6.45) is 0. The largest absolute Gasteiger partial charge is 0.494 e. The van der Waals surface area contributed by atoms with Gasteiger partial charge in [0.25, 0.3) is 0 Å². The van der Waals surface area contributed by atoms with Gasteiger partial charge in [0.1, 0.15) is 5.75 Å². The first-order chi connectivity index (χ1) is 10.9. The molecule has 6 heteroatoms. The molecule has 0 bridgehead atoms. The number of hydrogen-bond acceptors (Lipinski definition) is 4. The molecule has 1 N–H and O–H groups in total. The second-order valence-corrected chi connectivity index (χ2v) is 6.72. The first-order valence-electron chi connectivity index (χ1n) is 7.98. The number of carbonyl (C=O) groups excluding carboxylic acids is 1. The van der Waals surface area contributed by atoms with Crippen molar-refractivity contribution in [2.24, 2.45) is 5.41 Å². The molecule has 0 aromatic heterocycles. The summed E-state index contributed by atoms with van der Waals surface area (Å²) >= 11 is 0. The van der Waals surface area contributed by atoms with E-state index in [0.29, 0.717) is 32.9 Å². The van der Waals surface area contributed by atoms with E-state index in [9.17, 15) is 4.79 Å². The van der Waals surface area contributed by atoms with Crippen molar-refractivity contribution in [1.29, 1.82) is 0 Å². The predicted octanol–water partition coefficient (Wildman–Crippen LogP) is 2.70. The van der Waals surface area contributed by atoms with E-state index >= 15 is 0 Å². The molecule has 23 heavy (non-hydrogen) atoms. The summed E-state index contributed by atoms with van der Waals surface area (Å²) in [4.78, 5) is 14.0. The molecule has 0 saturated carbocycles. The molecule has 2 saturated heterocycles. The molecule has 3 rings (SSSR count). The average Bonchev–Trinajstić information content (AvgIpc) is 2.48. The number of ether oxygens (including phenoxy) is 3. The molecule has 2 fully saturated rings. The number of hydrogen-bond donors (Lipinski definition) is 1. The normalized spacial score (nSPS) is 21.6. The smallest absolute Gasteiger partial charge is 0.321 e. The van der Waals surface area contributed by atoms with E-state index < -0.39 is 5.79 Å². The quantitative estimate of drug-likeness (QED) is 0.930. The van der Waals surface area contributed by atoms with Gasteiger partial charge in [-0.25, -0.2) is 4.79 Å². The molecule has 126 valence electrons. The molecule has 1 spiro atoms. The molecule has 2 aliphatic rings. The molecule has 0 radical (unpaired) electrons. The third-order valence-electron chi connectivity index (χ3n) is 4.21. The maximum atomic E-state index is 12.3. The molecule has 2 amide bonds. The lowest BCUT2D eigenvalue weighted by atomic mass is 9.81. The average molecular weight is 320 g/mol. The second-order valence-electron chi connectivity index (χ2n) is 6.72. The zero-order chi connectivity index (χ0) is 16.5. The van der Waals surface area contributed by atoms with Crippen molar-refractivity contribution in [3.05, 3.63) is 24.3 Å². The van der Waals surface area contributed by atoms with E-state index in [-0.39, 0.29) is 11.4 Å². The third kappa shape index (κ3) is 3.59. The van der Waals surface area contributed by atoms with Crippen molar-refractivity contribution in [2.45, 2.75) is 26.6 Å². The third-order valence-corrected chi connectivity index (χ3v) is 4.21. The van der Waals surface area contributed by atoms with Crippen molar-refractivity contribution in [2.75, 3.05) is 38.2 Å². The van der Waals surface area contributed by atoms with Crippen LogP contribution in [0.4, 0.5) is 10.5 Å². The minimum Gasteiger partial charge on any atom is -0.494 e. The number of benzene rings is 1. The number of urea groups is 1. The van der Waals surface area contributed by atoms with E-state index in [1.807, 2.05) is 45.0 Å². The van der Waals surface area contributed by atoms with Crippen LogP contribution in [0.3, 0.4) is 0 Å². The van der Waals surface area contributed by atoms with Crippen LogP contribution in [0.5, 0.6) is 5.75 Å². The van der Waals surface area contributed by atoms with Crippen molar-refractivity contribution < 1.29 is 19.0 Å². The van der Waals surface area contributed by atoms with Gasteiger partial charge in [0.05, 0.1) is 25.2 Å². The molecule has 0 aliphatic carbocycles. The summed E-state index contributed by atoms with van der Waals surface area (Å²) in [6, 6.07) is 7.29. The molecule has 0 unspecified atom stereocenters. The van der Waals surface area contributed by atoms with Crippen LogP contribution in [-0.2, 0) is 9.47 Å². The van der Waals surface area contributed by atoms with E-state index in [1.54, 1.807) is 4.90 Å². The zero-order valence-electron chi connectivity index (χ0n) is 13.9. The van der Waals surface area contributed by atoms with Crippen molar-refractivity contribution in [3.8, 4) is 5.75 Å². The summed E-state index contributed by atoms with van der Waals surface area (Å²) in [6.45, 7) is 8.97. The maximum Gasteiger partial charge on any atom is 0.321 e. The van der Waals surface area contributed by atoms with Crippen molar-refractivity contribution in [3.63, 3.8) is 0 Å². The summed E-state index contributed by atoms with van der Waals surface area (Å²) in [5.74, 6) is 0.281.